The number of fused-ring (bicyclic) bond motifs is 1. The van der Waals surface area contributed by atoms with E-state index in [1.807, 2.05) is 6.92 Å². The molecule has 8 rings (SSSR count). The maximum atomic E-state index is 15.3. The second-order valence-electron chi connectivity index (χ2n) is 12.7. The zero-order chi connectivity index (χ0) is 23.4. The van der Waals surface area contributed by atoms with Crippen LogP contribution in [0.25, 0.3) is 0 Å². The molecular formula is C28H34FNO4. The van der Waals surface area contributed by atoms with Crippen LogP contribution in [0.3, 0.4) is 0 Å². The Hall–Kier alpha value is -2.11. The van der Waals surface area contributed by atoms with Gasteiger partial charge in [0.2, 0.25) is 0 Å². The van der Waals surface area contributed by atoms with E-state index in [1.165, 1.54) is 49.5 Å². The number of nitrogens with zero attached hydrogens (tertiary/aromatic N) is 1. The van der Waals surface area contributed by atoms with E-state index in [0.717, 1.165) is 36.2 Å². The van der Waals surface area contributed by atoms with Crippen LogP contribution in [0.4, 0.5) is 4.39 Å². The van der Waals surface area contributed by atoms with Crippen LogP contribution in [-0.2, 0) is 4.79 Å². The number of carbonyl (C=O) groups is 2. The molecule has 0 aromatic heterocycles. The fourth-order valence-electron chi connectivity index (χ4n) is 8.87. The maximum Gasteiger partial charge on any atom is 0.326 e. The van der Waals surface area contributed by atoms with Crippen molar-refractivity contribution in [1.29, 1.82) is 0 Å². The summed E-state index contributed by atoms with van der Waals surface area (Å²) in [6.07, 6.45) is 9.91. The second-order valence-corrected chi connectivity index (χ2v) is 12.7. The number of aliphatic carboxylic acids is 1. The topological polar surface area (TPSA) is 66.8 Å². The number of carboxylic acid groups (broad SMARTS) is 1. The molecule has 7 aliphatic rings. The lowest BCUT2D eigenvalue weighted by atomic mass is 9.50. The molecular weight excluding hydrogens is 433 g/mol. The first kappa shape index (κ1) is 21.2. The number of amides is 1. The third-order valence-electron chi connectivity index (χ3n) is 10.3. The minimum absolute atomic E-state index is 0.00394. The van der Waals surface area contributed by atoms with E-state index >= 15 is 4.39 Å². The minimum Gasteiger partial charge on any atom is -0.493 e. The van der Waals surface area contributed by atoms with Gasteiger partial charge in [-0.15, -0.1) is 0 Å². The van der Waals surface area contributed by atoms with Crippen LogP contribution in [0.5, 0.6) is 5.75 Å². The number of carboxylic acids is 1. The molecule has 0 radical (unpaired) electrons. The molecule has 182 valence electrons. The molecule has 6 saturated carbocycles. The summed E-state index contributed by atoms with van der Waals surface area (Å²) in [5.41, 5.74) is 1.17. The first-order valence-electron chi connectivity index (χ1n) is 13.3. The van der Waals surface area contributed by atoms with E-state index in [0.29, 0.717) is 30.7 Å². The predicted octanol–water partition coefficient (Wildman–Crippen LogP) is 5.09. The largest absolute Gasteiger partial charge is 0.493 e. The van der Waals surface area contributed by atoms with Crippen LogP contribution in [-0.4, -0.2) is 41.1 Å². The number of ether oxygens (including phenoxy) is 1. The lowest BCUT2D eigenvalue weighted by molar-refractivity contribution is -0.142. The number of carbonyl (C=O) groups excluding carboxylic acids is 1. The highest BCUT2D eigenvalue weighted by Gasteiger charge is 2.62. The number of hydrogen-bond acceptors (Lipinski definition) is 3. The van der Waals surface area contributed by atoms with Crippen LogP contribution in [0, 0.1) is 46.7 Å². The quantitative estimate of drug-likeness (QED) is 0.633. The smallest absolute Gasteiger partial charge is 0.326 e. The summed E-state index contributed by atoms with van der Waals surface area (Å²) >= 11 is 0. The van der Waals surface area contributed by atoms with Gasteiger partial charge in [-0.1, -0.05) is 6.92 Å². The first-order chi connectivity index (χ1) is 16.3. The van der Waals surface area contributed by atoms with Gasteiger partial charge in [0.15, 0.2) is 0 Å². The Bertz CT molecular complexity index is 1030. The molecule has 1 aromatic rings. The summed E-state index contributed by atoms with van der Waals surface area (Å²) in [5, 5.41) is 9.74. The Labute approximate surface area is 200 Å². The van der Waals surface area contributed by atoms with Crippen LogP contribution in [0.1, 0.15) is 80.1 Å². The summed E-state index contributed by atoms with van der Waals surface area (Å²) in [6, 6.07) is 2.25. The van der Waals surface area contributed by atoms with Crippen molar-refractivity contribution in [2.24, 2.45) is 40.9 Å². The van der Waals surface area contributed by atoms with Crippen molar-refractivity contribution in [3.8, 4) is 5.75 Å². The van der Waals surface area contributed by atoms with E-state index in [4.69, 9.17) is 4.74 Å². The molecule has 34 heavy (non-hydrogen) atoms. The molecule has 1 saturated heterocycles. The van der Waals surface area contributed by atoms with Crippen LogP contribution in [0.2, 0.25) is 0 Å². The average Bonchev–Trinajstić information content (AvgIpc) is 3.68. The van der Waals surface area contributed by atoms with Crippen molar-refractivity contribution in [3.63, 3.8) is 0 Å². The van der Waals surface area contributed by atoms with Crippen molar-refractivity contribution >= 4 is 11.9 Å². The molecule has 4 atom stereocenters. The van der Waals surface area contributed by atoms with Crippen molar-refractivity contribution in [2.45, 2.75) is 70.3 Å². The fourth-order valence-corrected chi connectivity index (χ4v) is 8.87. The zero-order valence-electron chi connectivity index (χ0n) is 19.8. The number of piperidine rings is 1. The van der Waals surface area contributed by atoms with E-state index < -0.39 is 23.7 Å². The summed E-state index contributed by atoms with van der Waals surface area (Å²) in [5.74, 6) is 1.89. The van der Waals surface area contributed by atoms with Gasteiger partial charge in [0.25, 0.3) is 5.91 Å². The number of halogens is 1. The normalized spacial score (nSPS) is 41.5. The van der Waals surface area contributed by atoms with Gasteiger partial charge in [0.1, 0.15) is 17.6 Å². The van der Waals surface area contributed by atoms with Crippen molar-refractivity contribution in [2.75, 3.05) is 13.2 Å². The highest BCUT2D eigenvalue weighted by Crippen LogP contribution is 2.60. The molecule has 7 fully saturated rings. The molecule has 1 N–H and O–H groups in total. The van der Waals surface area contributed by atoms with Crippen LogP contribution >= 0.6 is 0 Å². The number of hydrogen-bond donors (Lipinski definition) is 1. The number of benzene rings is 1. The Morgan fingerprint density at radius 1 is 1.12 bits per heavy atom. The number of likely N-dealkylation sites (tertiary alicyclic amines) is 1. The molecule has 1 unspecified atom stereocenters. The molecule has 1 aliphatic heterocycles. The van der Waals surface area contributed by atoms with Gasteiger partial charge in [0.05, 0.1) is 12.2 Å². The van der Waals surface area contributed by atoms with Gasteiger partial charge >= 0.3 is 5.97 Å². The highest BCUT2D eigenvalue weighted by molar-refractivity contribution is 5.98. The van der Waals surface area contributed by atoms with Gasteiger partial charge in [-0.3, -0.25) is 4.79 Å². The average molecular weight is 468 g/mol. The summed E-state index contributed by atoms with van der Waals surface area (Å²) < 4.78 is 21.7. The molecule has 5 nitrogen and oxygen atoms in total. The minimum atomic E-state index is -0.983. The van der Waals surface area contributed by atoms with Gasteiger partial charge < -0.3 is 14.7 Å². The lowest BCUT2D eigenvalue weighted by Crippen LogP contribution is -2.48. The molecule has 6 aliphatic carbocycles. The zero-order valence-corrected chi connectivity index (χ0v) is 19.8. The second kappa shape index (κ2) is 7.20. The van der Waals surface area contributed by atoms with Gasteiger partial charge in [-0.2, -0.15) is 0 Å². The van der Waals surface area contributed by atoms with E-state index in [9.17, 15) is 14.7 Å². The Balaban J connectivity index is 1.14. The Morgan fingerprint density at radius 2 is 1.76 bits per heavy atom. The summed E-state index contributed by atoms with van der Waals surface area (Å²) in [7, 11) is 0. The van der Waals surface area contributed by atoms with E-state index in [2.05, 4.69) is 0 Å². The standard InChI is InChI=1S/C28H34FNO4/c1-14-21-12-30(25(24(14)21)27(32)33)26(31)20-7-19(18-2-3-18)23(8-22(20)29)34-13-28-9-15-4-16(10-28)6-17(5-15)11-28/h7-8,14-18,21,24-25H,2-6,9-13H2,1H3,(H,32,33)/t14-,15?,16?,17?,21+,24?,25-,28?/m0/s1. The van der Waals surface area contributed by atoms with Crippen molar-refractivity contribution < 1.29 is 23.8 Å². The summed E-state index contributed by atoms with van der Waals surface area (Å²) in [6.45, 7) is 3.09. The molecule has 4 bridgehead atoms. The maximum absolute atomic E-state index is 15.3. The lowest BCUT2D eigenvalue weighted by Gasteiger charge is -2.56. The van der Waals surface area contributed by atoms with Crippen LogP contribution < -0.4 is 4.74 Å². The fraction of sp³-hybridized carbons (Fsp3) is 0.714. The molecule has 6 heteroatoms. The SMILES string of the molecule is C[C@@H]1C2[C@@H](C(=O)O)N(C(=O)c3cc(C4CC4)c(OCC45CC6CC(CC(C6)C4)C5)cc3F)C[C@@H]21. The third kappa shape index (κ3) is 3.23. The predicted molar refractivity (Wildman–Crippen MR) is 123 cm³/mol. The van der Waals surface area contributed by atoms with Crippen LogP contribution in [0.15, 0.2) is 12.1 Å². The third-order valence-corrected chi connectivity index (χ3v) is 10.3. The Kier molecular flexibility index (Phi) is 4.49. The van der Waals surface area contributed by atoms with Gasteiger partial charge in [-0.05, 0) is 104 Å². The molecule has 1 heterocycles. The van der Waals surface area contributed by atoms with E-state index in [-0.39, 0.29) is 22.8 Å². The monoisotopic (exact) mass is 467 g/mol. The van der Waals surface area contributed by atoms with Crippen molar-refractivity contribution in [3.05, 3.63) is 29.1 Å². The number of rotatable bonds is 6. The summed E-state index contributed by atoms with van der Waals surface area (Å²) in [4.78, 5) is 26.6. The van der Waals surface area contributed by atoms with E-state index in [1.54, 1.807) is 6.07 Å². The first-order valence-corrected chi connectivity index (χ1v) is 13.3. The van der Waals surface area contributed by atoms with Gasteiger partial charge in [0, 0.05) is 18.0 Å². The molecule has 0 spiro atoms. The van der Waals surface area contributed by atoms with Gasteiger partial charge in [-0.25, -0.2) is 9.18 Å². The van der Waals surface area contributed by atoms with Crippen molar-refractivity contribution in [1.82, 2.24) is 4.90 Å². The Morgan fingerprint density at radius 3 is 2.35 bits per heavy atom. The highest BCUT2D eigenvalue weighted by atomic mass is 19.1. The molecule has 1 amide bonds. The molecule has 1 aromatic carbocycles.